The van der Waals surface area contributed by atoms with Crippen LogP contribution in [-0.2, 0) is 4.79 Å². The molecule has 9 heteroatoms. The van der Waals surface area contributed by atoms with E-state index in [4.69, 9.17) is 4.74 Å². The number of nitrogens with zero attached hydrogens (tertiary/aromatic N) is 1. The average molecular weight is 392 g/mol. The first-order chi connectivity index (χ1) is 11.0. The number of hydrogen-bond donors (Lipinski definition) is 2. The maximum Gasteiger partial charge on any atom is 0.262 e. The van der Waals surface area contributed by atoms with Gasteiger partial charge in [-0.1, -0.05) is 12.1 Å². The first kappa shape index (κ1) is 21.1. The normalized spacial score (nSPS) is 17.8. The van der Waals surface area contributed by atoms with Gasteiger partial charge in [0.15, 0.2) is 0 Å². The van der Waals surface area contributed by atoms with E-state index in [1.807, 2.05) is 0 Å². The van der Waals surface area contributed by atoms with Crippen LogP contribution in [0.5, 0.6) is 11.6 Å². The first-order valence-corrected chi connectivity index (χ1v) is 7.13. The maximum atomic E-state index is 13.1. The Balaban J connectivity index is 0.00000156. The fraction of sp³-hybridized carbons (Fsp3) is 0.250. The molecule has 136 valence electrons. The van der Waals surface area contributed by atoms with E-state index >= 15 is 0 Å². The number of rotatable bonds is 4. The van der Waals surface area contributed by atoms with Crippen LogP contribution in [0.15, 0.2) is 48.7 Å². The average Bonchev–Trinajstić information content (AvgIpc) is 2.89. The molecule has 25 heavy (non-hydrogen) atoms. The quantitative estimate of drug-likeness (QED) is 0.834. The predicted molar refractivity (Wildman–Crippen MR) is 95.2 cm³/mol. The van der Waals surface area contributed by atoms with Gasteiger partial charge in [0.25, 0.3) is 5.92 Å². The van der Waals surface area contributed by atoms with Gasteiger partial charge in [-0.2, -0.15) is 0 Å². The maximum absolute atomic E-state index is 13.1. The van der Waals surface area contributed by atoms with Gasteiger partial charge in [0, 0.05) is 30.4 Å². The molecule has 2 aromatic rings. The summed E-state index contributed by atoms with van der Waals surface area (Å²) in [6.07, 6.45) is 1.11. The summed E-state index contributed by atoms with van der Waals surface area (Å²) in [5.41, 5.74) is 0.473. The van der Waals surface area contributed by atoms with E-state index in [1.165, 1.54) is 0 Å². The minimum absolute atomic E-state index is 0. The van der Waals surface area contributed by atoms with E-state index in [2.05, 4.69) is 15.6 Å². The number of alkyl halides is 2. The summed E-state index contributed by atoms with van der Waals surface area (Å²) in [6.45, 7) is -0.478. The van der Waals surface area contributed by atoms with Crippen molar-refractivity contribution < 1.29 is 18.3 Å². The second kappa shape index (κ2) is 8.94. The zero-order valence-electron chi connectivity index (χ0n) is 12.9. The summed E-state index contributed by atoms with van der Waals surface area (Å²) in [4.78, 5) is 16.1. The lowest BCUT2D eigenvalue weighted by Crippen LogP contribution is -2.35. The van der Waals surface area contributed by atoms with Crippen LogP contribution in [0.2, 0.25) is 0 Å². The van der Waals surface area contributed by atoms with Crippen LogP contribution in [0.3, 0.4) is 0 Å². The lowest BCUT2D eigenvalue weighted by molar-refractivity contribution is -0.118. The minimum atomic E-state index is -2.84. The highest BCUT2D eigenvalue weighted by molar-refractivity contribution is 5.95. The summed E-state index contributed by atoms with van der Waals surface area (Å²) < 4.78 is 31.8. The molecule has 1 atom stereocenters. The molecule has 0 bridgehead atoms. The molecule has 1 unspecified atom stereocenters. The Morgan fingerprint density at radius 2 is 2.04 bits per heavy atom. The van der Waals surface area contributed by atoms with Crippen molar-refractivity contribution in [1.82, 2.24) is 10.3 Å². The van der Waals surface area contributed by atoms with Gasteiger partial charge in [-0.25, -0.2) is 13.8 Å². The zero-order chi connectivity index (χ0) is 16.3. The number of anilines is 1. The molecular formula is C16H17Cl2F2N3O2. The molecule has 1 amide bonds. The Morgan fingerprint density at radius 3 is 2.68 bits per heavy atom. The van der Waals surface area contributed by atoms with Gasteiger partial charge in [0.05, 0.1) is 12.6 Å². The Morgan fingerprint density at radius 1 is 1.24 bits per heavy atom. The molecule has 3 rings (SSSR count). The standard InChI is InChI=1S/C16H15F2N3O2.2ClH/c17-16(18)9-13(20-10-16)15(22)21-11-4-3-5-12(8-11)23-14-6-1-2-7-19-14;;/h1-8,13,20H,9-10H2,(H,21,22);2*1H. The monoisotopic (exact) mass is 391 g/mol. The van der Waals surface area contributed by atoms with Gasteiger partial charge < -0.3 is 10.1 Å². The van der Waals surface area contributed by atoms with Crippen molar-refractivity contribution >= 4 is 36.4 Å². The van der Waals surface area contributed by atoms with E-state index in [0.717, 1.165) is 0 Å². The number of pyridine rings is 1. The van der Waals surface area contributed by atoms with Crippen LogP contribution in [0.25, 0.3) is 0 Å². The number of amides is 1. The van der Waals surface area contributed by atoms with E-state index in [9.17, 15) is 13.6 Å². The van der Waals surface area contributed by atoms with Crippen molar-refractivity contribution in [2.45, 2.75) is 18.4 Å². The topological polar surface area (TPSA) is 63.2 Å². The third-order valence-corrected chi connectivity index (χ3v) is 3.39. The van der Waals surface area contributed by atoms with Crippen molar-refractivity contribution in [2.75, 3.05) is 11.9 Å². The van der Waals surface area contributed by atoms with Gasteiger partial charge in [-0.3, -0.25) is 10.1 Å². The molecule has 0 saturated carbocycles. The van der Waals surface area contributed by atoms with Gasteiger partial charge >= 0.3 is 0 Å². The smallest absolute Gasteiger partial charge is 0.262 e. The van der Waals surface area contributed by atoms with Crippen LogP contribution in [0.1, 0.15) is 6.42 Å². The number of carbonyl (C=O) groups is 1. The Hall–Kier alpha value is -1.96. The molecule has 1 saturated heterocycles. The summed E-state index contributed by atoms with van der Waals surface area (Å²) in [7, 11) is 0. The van der Waals surface area contributed by atoms with Gasteiger partial charge in [-0.05, 0) is 18.2 Å². The van der Waals surface area contributed by atoms with Crippen LogP contribution >= 0.6 is 24.8 Å². The van der Waals surface area contributed by atoms with Crippen molar-refractivity contribution in [3.8, 4) is 11.6 Å². The molecule has 0 radical (unpaired) electrons. The molecule has 2 N–H and O–H groups in total. The van der Waals surface area contributed by atoms with Crippen LogP contribution in [0.4, 0.5) is 14.5 Å². The number of nitrogens with one attached hydrogen (secondary N) is 2. The summed E-state index contributed by atoms with van der Waals surface area (Å²) >= 11 is 0. The SMILES string of the molecule is Cl.Cl.O=C(Nc1cccc(Oc2ccccn2)c1)C1CC(F)(F)CN1. The number of benzene rings is 1. The summed E-state index contributed by atoms with van der Waals surface area (Å²) in [5.74, 6) is -2.41. The van der Waals surface area contributed by atoms with Crippen LogP contribution < -0.4 is 15.4 Å². The number of hydrogen-bond acceptors (Lipinski definition) is 4. The molecular weight excluding hydrogens is 375 g/mol. The molecule has 1 aliphatic rings. The third-order valence-electron chi connectivity index (χ3n) is 3.39. The third kappa shape index (κ3) is 5.81. The van der Waals surface area contributed by atoms with Gasteiger partial charge in [-0.15, -0.1) is 24.8 Å². The Kier molecular flexibility index (Phi) is 7.54. The number of ether oxygens (including phenoxy) is 1. The first-order valence-electron chi connectivity index (χ1n) is 7.13. The van der Waals surface area contributed by atoms with Gasteiger partial charge in [0.1, 0.15) is 5.75 Å². The largest absolute Gasteiger partial charge is 0.439 e. The molecule has 1 aromatic heterocycles. The fourth-order valence-electron chi connectivity index (χ4n) is 2.30. The Bertz CT molecular complexity index is 705. The second-order valence-electron chi connectivity index (χ2n) is 5.28. The number of aromatic nitrogens is 1. The van der Waals surface area contributed by atoms with Crippen LogP contribution in [-0.4, -0.2) is 29.4 Å². The summed E-state index contributed by atoms with van der Waals surface area (Å²) in [6, 6.07) is 11.1. The predicted octanol–water partition coefficient (Wildman–Crippen LogP) is 3.65. The highest BCUT2D eigenvalue weighted by atomic mass is 35.5. The van der Waals surface area contributed by atoms with E-state index in [0.29, 0.717) is 17.3 Å². The van der Waals surface area contributed by atoms with E-state index < -0.39 is 30.8 Å². The van der Waals surface area contributed by atoms with Crippen molar-refractivity contribution in [3.63, 3.8) is 0 Å². The highest BCUT2D eigenvalue weighted by Gasteiger charge is 2.42. The van der Waals surface area contributed by atoms with Crippen molar-refractivity contribution in [3.05, 3.63) is 48.7 Å². The van der Waals surface area contributed by atoms with Gasteiger partial charge in [0.2, 0.25) is 11.8 Å². The minimum Gasteiger partial charge on any atom is -0.439 e. The zero-order valence-corrected chi connectivity index (χ0v) is 14.6. The Labute approximate surface area is 156 Å². The lowest BCUT2D eigenvalue weighted by Gasteiger charge is -2.12. The highest BCUT2D eigenvalue weighted by Crippen LogP contribution is 2.27. The summed E-state index contributed by atoms with van der Waals surface area (Å²) in [5, 5.41) is 5.13. The fourth-order valence-corrected chi connectivity index (χ4v) is 2.30. The van der Waals surface area contributed by atoms with Crippen LogP contribution in [0, 0.1) is 0 Å². The number of carbonyl (C=O) groups excluding carboxylic acids is 1. The number of halogens is 4. The molecule has 0 spiro atoms. The second-order valence-corrected chi connectivity index (χ2v) is 5.28. The molecule has 0 aliphatic carbocycles. The van der Waals surface area contributed by atoms with Crippen molar-refractivity contribution in [1.29, 1.82) is 0 Å². The molecule has 1 fully saturated rings. The molecule has 1 aromatic carbocycles. The van der Waals surface area contributed by atoms with E-state index in [-0.39, 0.29) is 24.8 Å². The lowest BCUT2D eigenvalue weighted by atomic mass is 10.2. The van der Waals surface area contributed by atoms with E-state index in [1.54, 1.807) is 48.7 Å². The molecule has 2 heterocycles. The molecule has 5 nitrogen and oxygen atoms in total. The van der Waals surface area contributed by atoms with Crippen molar-refractivity contribution in [2.24, 2.45) is 0 Å². The molecule has 1 aliphatic heterocycles.